The van der Waals surface area contributed by atoms with Gasteiger partial charge in [0.05, 0.1) is 6.61 Å². The average molecular weight is 189 g/mol. The van der Waals surface area contributed by atoms with Gasteiger partial charge in [-0.1, -0.05) is 20.4 Å². The van der Waals surface area contributed by atoms with Gasteiger partial charge in [0, 0.05) is 19.2 Å². The number of hydrogen-bond donors (Lipinski definition) is 1. The first-order chi connectivity index (χ1) is 6.12. The van der Waals surface area contributed by atoms with E-state index in [-0.39, 0.29) is 0 Å². The lowest BCUT2D eigenvalue weighted by molar-refractivity contribution is -0.147. The lowest BCUT2D eigenvalue weighted by Gasteiger charge is -2.15. The molecular weight excluding hydrogens is 170 g/mol. The Hall–Kier alpha value is -0.870. The summed E-state index contributed by atoms with van der Waals surface area (Å²) in [6.45, 7) is 11.9. The third-order valence-electron chi connectivity index (χ3n) is 1.19. The van der Waals surface area contributed by atoms with E-state index in [1.807, 2.05) is 12.0 Å². The van der Waals surface area contributed by atoms with Gasteiger partial charge in [0.2, 0.25) is 0 Å². The Bertz CT molecular complexity index is 133. The fourth-order valence-electron chi connectivity index (χ4n) is 0.589. The first kappa shape index (κ1) is 14.6. The molecule has 4 nitrogen and oxygen atoms in total. The number of carbonyl (C=O) groups is 1. The van der Waals surface area contributed by atoms with Gasteiger partial charge >= 0.3 is 5.97 Å². The molecule has 0 amide bonds. The van der Waals surface area contributed by atoms with E-state index in [1.54, 1.807) is 0 Å². The van der Waals surface area contributed by atoms with Crippen molar-refractivity contribution in [2.45, 2.75) is 20.8 Å². The molecule has 0 aliphatic carbocycles. The Kier molecular flexibility index (Phi) is 12.5. The summed E-state index contributed by atoms with van der Waals surface area (Å²) in [4.78, 5) is 14.4. The van der Waals surface area contributed by atoms with Crippen molar-refractivity contribution in [1.29, 1.82) is 0 Å². The predicted molar refractivity (Wildman–Crippen MR) is 52.4 cm³/mol. The molecule has 4 heteroatoms. The van der Waals surface area contributed by atoms with Crippen molar-refractivity contribution in [3.63, 3.8) is 0 Å². The highest BCUT2D eigenvalue weighted by atomic mass is 16.7. The van der Waals surface area contributed by atoms with E-state index >= 15 is 0 Å². The van der Waals surface area contributed by atoms with Crippen molar-refractivity contribution < 1.29 is 14.7 Å². The van der Waals surface area contributed by atoms with Crippen LogP contribution in [0, 0.1) is 0 Å². The van der Waals surface area contributed by atoms with Gasteiger partial charge in [-0.15, -0.1) is 0 Å². The summed E-state index contributed by atoms with van der Waals surface area (Å²) in [7, 11) is 0. The number of aliphatic carboxylic acids is 1. The van der Waals surface area contributed by atoms with E-state index in [0.29, 0.717) is 0 Å². The van der Waals surface area contributed by atoms with Crippen molar-refractivity contribution in [1.82, 2.24) is 5.06 Å². The predicted octanol–water partition coefficient (Wildman–Crippen LogP) is 1.54. The molecule has 0 aromatic carbocycles. The van der Waals surface area contributed by atoms with E-state index in [1.165, 1.54) is 0 Å². The zero-order valence-electron chi connectivity index (χ0n) is 8.62. The Balaban J connectivity index is 0. The molecule has 0 aliphatic heterocycles. The third kappa shape index (κ3) is 14.0. The van der Waals surface area contributed by atoms with Crippen molar-refractivity contribution in [2.75, 3.05) is 19.7 Å². The summed E-state index contributed by atoms with van der Waals surface area (Å²) in [5, 5.41) is 9.53. The molecular formula is C9H19NO3. The van der Waals surface area contributed by atoms with Crippen LogP contribution in [0.25, 0.3) is 0 Å². The van der Waals surface area contributed by atoms with Crippen LogP contribution in [-0.2, 0) is 9.63 Å². The molecule has 0 aromatic rings. The second-order valence-corrected chi connectivity index (χ2v) is 2.07. The second kappa shape index (κ2) is 11.1. The number of nitrogens with zero attached hydrogens (tertiary/aromatic N) is 1. The van der Waals surface area contributed by atoms with E-state index in [0.717, 1.165) is 25.8 Å². The largest absolute Gasteiger partial charge is 0.478 e. The summed E-state index contributed by atoms with van der Waals surface area (Å²) in [6, 6.07) is 0. The van der Waals surface area contributed by atoms with Crippen LogP contribution in [0.3, 0.4) is 0 Å². The molecule has 0 radical (unpaired) electrons. The molecule has 0 unspecified atom stereocenters. The van der Waals surface area contributed by atoms with Gasteiger partial charge < -0.3 is 5.11 Å². The van der Waals surface area contributed by atoms with Crippen LogP contribution < -0.4 is 0 Å². The Labute approximate surface area is 79.8 Å². The molecule has 0 atom stereocenters. The van der Waals surface area contributed by atoms with E-state index in [4.69, 9.17) is 9.94 Å². The highest BCUT2D eigenvalue weighted by Gasteiger charge is 1.93. The average Bonchev–Trinajstić information content (AvgIpc) is 2.15. The summed E-state index contributed by atoms with van der Waals surface area (Å²) >= 11 is 0. The second-order valence-electron chi connectivity index (χ2n) is 2.07. The molecule has 0 aliphatic rings. The highest BCUT2D eigenvalue weighted by molar-refractivity contribution is 5.78. The minimum atomic E-state index is -0.981. The SMILES string of the molecule is C=CC(=O)O.CCON(CC)CC. The van der Waals surface area contributed by atoms with Crippen LogP contribution in [0.4, 0.5) is 0 Å². The topological polar surface area (TPSA) is 49.8 Å². The number of hydroxylamine groups is 2. The van der Waals surface area contributed by atoms with E-state index < -0.39 is 5.97 Å². The number of hydrogen-bond acceptors (Lipinski definition) is 3. The standard InChI is InChI=1S/C6H15NO.C3H4O2/c1-4-7(5-2)8-6-3;1-2-3(4)5/h4-6H2,1-3H3;2H,1H2,(H,4,5). The summed E-state index contributed by atoms with van der Waals surface area (Å²) in [5.74, 6) is -0.981. The summed E-state index contributed by atoms with van der Waals surface area (Å²) in [6.07, 6.45) is 0.833. The molecule has 0 heterocycles. The molecule has 13 heavy (non-hydrogen) atoms. The molecule has 0 saturated heterocycles. The number of carboxylic acids is 1. The first-order valence-corrected chi connectivity index (χ1v) is 4.35. The maximum Gasteiger partial charge on any atom is 0.327 e. The van der Waals surface area contributed by atoms with Gasteiger partial charge in [-0.2, -0.15) is 5.06 Å². The van der Waals surface area contributed by atoms with Crippen molar-refractivity contribution in [3.05, 3.63) is 12.7 Å². The fourth-order valence-corrected chi connectivity index (χ4v) is 0.589. The van der Waals surface area contributed by atoms with Gasteiger partial charge in [-0.05, 0) is 6.92 Å². The molecule has 0 fully saturated rings. The zero-order chi connectivity index (χ0) is 10.7. The summed E-state index contributed by atoms with van der Waals surface area (Å²) in [5.41, 5.74) is 0. The lowest BCUT2D eigenvalue weighted by atomic mass is 10.6. The molecule has 0 saturated carbocycles. The molecule has 0 rings (SSSR count). The summed E-state index contributed by atoms with van der Waals surface area (Å²) < 4.78 is 0. The Morgan fingerprint density at radius 1 is 1.46 bits per heavy atom. The first-order valence-electron chi connectivity index (χ1n) is 4.35. The van der Waals surface area contributed by atoms with Crippen molar-refractivity contribution >= 4 is 5.97 Å². The van der Waals surface area contributed by atoms with Crippen molar-refractivity contribution in [3.8, 4) is 0 Å². The normalized spacial score (nSPS) is 8.92. The quantitative estimate of drug-likeness (QED) is 0.526. The number of rotatable bonds is 5. The van der Waals surface area contributed by atoms with Gasteiger partial charge in [-0.3, -0.25) is 4.84 Å². The Morgan fingerprint density at radius 2 is 1.85 bits per heavy atom. The van der Waals surface area contributed by atoms with E-state index in [9.17, 15) is 4.79 Å². The van der Waals surface area contributed by atoms with Crippen molar-refractivity contribution in [2.24, 2.45) is 0 Å². The van der Waals surface area contributed by atoms with Gasteiger partial charge in [-0.25, -0.2) is 4.79 Å². The van der Waals surface area contributed by atoms with E-state index in [2.05, 4.69) is 20.4 Å². The van der Waals surface area contributed by atoms with Crippen LogP contribution in [0.2, 0.25) is 0 Å². The monoisotopic (exact) mass is 189 g/mol. The molecule has 0 spiro atoms. The van der Waals surface area contributed by atoms with Crippen LogP contribution in [0.5, 0.6) is 0 Å². The Morgan fingerprint density at radius 3 is 1.92 bits per heavy atom. The molecule has 78 valence electrons. The fraction of sp³-hybridized carbons (Fsp3) is 0.667. The number of carboxylic acid groups (broad SMARTS) is 1. The maximum absolute atomic E-state index is 9.25. The minimum absolute atomic E-state index is 0.779. The third-order valence-corrected chi connectivity index (χ3v) is 1.19. The van der Waals surface area contributed by atoms with Gasteiger partial charge in [0.1, 0.15) is 0 Å². The van der Waals surface area contributed by atoms with Crippen LogP contribution in [0.15, 0.2) is 12.7 Å². The van der Waals surface area contributed by atoms with Gasteiger partial charge in [0.15, 0.2) is 0 Å². The molecule has 0 bridgehead atoms. The minimum Gasteiger partial charge on any atom is -0.478 e. The highest BCUT2D eigenvalue weighted by Crippen LogP contribution is 1.86. The lowest BCUT2D eigenvalue weighted by Crippen LogP contribution is -2.22. The zero-order valence-corrected chi connectivity index (χ0v) is 8.62. The maximum atomic E-state index is 9.25. The molecule has 0 aromatic heterocycles. The van der Waals surface area contributed by atoms with Crippen LogP contribution in [-0.4, -0.2) is 35.8 Å². The molecule has 1 N–H and O–H groups in total. The smallest absolute Gasteiger partial charge is 0.327 e. The van der Waals surface area contributed by atoms with Gasteiger partial charge in [0.25, 0.3) is 0 Å². The van der Waals surface area contributed by atoms with Crippen LogP contribution in [0.1, 0.15) is 20.8 Å². The van der Waals surface area contributed by atoms with Crippen LogP contribution >= 0.6 is 0 Å².